The summed E-state index contributed by atoms with van der Waals surface area (Å²) in [5.74, 6) is -8.53. The van der Waals surface area contributed by atoms with Crippen LogP contribution in [0.1, 0.15) is 146 Å². The van der Waals surface area contributed by atoms with E-state index in [4.69, 9.17) is 19.6 Å². The first-order valence-corrected chi connectivity index (χ1v) is 28.9. The Morgan fingerprint density at radius 1 is 0.894 bits per heavy atom. The molecule has 2 unspecified atom stereocenters. The van der Waals surface area contributed by atoms with Crippen molar-refractivity contribution in [3.05, 3.63) is 62.2 Å². The number of aliphatic hydroxyl groups excluding tert-OH is 5. The second-order valence-electron chi connectivity index (χ2n) is 22.8. The molecule has 3 aromatic rings. The smallest absolute Gasteiger partial charge is 0.343 e. The Bertz CT molecular complexity index is 3100. The molecule has 26 heteroatoms. The van der Waals surface area contributed by atoms with E-state index in [1.54, 1.807) is 51.3 Å². The highest BCUT2D eigenvalue weighted by Gasteiger charge is 2.46. The fourth-order valence-corrected chi connectivity index (χ4v) is 11.0. The van der Waals surface area contributed by atoms with Crippen molar-refractivity contribution >= 4 is 63.9 Å². The molecule has 1 aromatic carbocycles. The van der Waals surface area contributed by atoms with Crippen molar-refractivity contribution in [1.29, 1.82) is 0 Å². The minimum atomic E-state index is -2.04. The van der Waals surface area contributed by atoms with Gasteiger partial charge in [0.1, 0.15) is 49.9 Å². The third kappa shape index (κ3) is 15.6. The second-order valence-corrected chi connectivity index (χ2v) is 22.8. The zero-order chi connectivity index (χ0) is 62.8. The topological polar surface area (TPSA) is 380 Å². The number of cyclic esters (lactones) is 1. The van der Waals surface area contributed by atoms with Gasteiger partial charge in [0.25, 0.3) is 5.56 Å². The van der Waals surface area contributed by atoms with E-state index < -0.39 is 133 Å². The van der Waals surface area contributed by atoms with Crippen LogP contribution < -0.4 is 26.8 Å². The predicted molar refractivity (Wildman–Crippen MR) is 300 cm³/mol. The highest BCUT2D eigenvalue weighted by atomic mass is 19.1. The van der Waals surface area contributed by atoms with Gasteiger partial charge in [-0.15, -0.1) is 0 Å². The van der Waals surface area contributed by atoms with Gasteiger partial charge in [-0.1, -0.05) is 48.0 Å². The average Bonchev–Trinajstić information content (AvgIpc) is 1.80. The predicted octanol–water partition coefficient (Wildman–Crippen LogP) is 0.784. The lowest BCUT2D eigenvalue weighted by atomic mass is 9.86. The fourth-order valence-electron chi connectivity index (χ4n) is 11.0. The Labute approximate surface area is 490 Å². The Kier molecular flexibility index (Phi) is 23.3. The molecule has 10 N–H and O–H groups in total. The van der Waals surface area contributed by atoms with Crippen molar-refractivity contribution in [1.82, 2.24) is 35.7 Å². The molecule has 85 heavy (non-hydrogen) atoms. The van der Waals surface area contributed by atoms with Gasteiger partial charge in [0.05, 0.1) is 47.3 Å². The highest BCUT2D eigenvalue weighted by molar-refractivity contribution is 6.03. The Morgan fingerprint density at radius 2 is 1.60 bits per heavy atom. The second kappa shape index (κ2) is 29.4. The first-order valence-electron chi connectivity index (χ1n) is 28.9. The molecule has 5 heterocycles. The van der Waals surface area contributed by atoms with Gasteiger partial charge in [0.15, 0.2) is 11.4 Å². The summed E-state index contributed by atoms with van der Waals surface area (Å²) in [6.07, 6.45) is -6.77. The van der Waals surface area contributed by atoms with E-state index in [-0.39, 0.29) is 110 Å². The number of rotatable bonds is 32. The molecular weight excluding hydrogens is 1110 g/mol. The molecule has 3 aliphatic rings. The lowest BCUT2D eigenvalue weighted by molar-refractivity contribution is -0.172. The normalized spacial score (nSPS) is 19.7. The summed E-state index contributed by atoms with van der Waals surface area (Å²) < 4.78 is 27.8. The molecule has 1 fully saturated rings. The van der Waals surface area contributed by atoms with Crippen LogP contribution in [0.3, 0.4) is 0 Å². The van der Waals surface area contributed by atoms with Gasteiger partial charge in [-0.05, 0) is 68.2 Å². The molecule has 0 radical (unpaired) electrons. The van der Waals surface area contributed by atoms with E-state index in [1.807, 2.05) is 6.92 Å². The Morgan fingerprint density at radius 3 is 2.25 bits per heavy atom. The molecule has 3 aliphatic heterocycles. The molecule has 0 bridgehead atoms. The molecule has 6 rings (SSSR count). The molecule has 0 saturated carbocycles. The maximum absolute atomic E-state index is 15.6. The first kappa shape index (κ1) is 67.2. The van der Waals surface area contributed by atoms with Gasteiger partial charge in [-0.25, -0.2) is 14.2 Å². The number of ketones is 2. The molecule has 6 amide bonds. The molecule has 10 atom stereocenters. The SMILES string of the molecule is CCC1c2cc3c(CNC(=O)COCNC(=O)[C@H](C)CC(=O)[C@@H](NC(=O)[C@H](CCC(=O)NC[C@H](O)[C@@H](O)[C@H](O)[C@H](O)CO)CC(=O)CCCCCN4C(=O)CC(C)C4=O)C(C)C)c(C)c(F)cc3nc2-c2cc3c(c(=O)n21)COC(=O)[C@]3(O)CC. The van der Waals surface area contributed by atoms with Crippen molar-refractivity contribution in [2.75, 3.05) is 33.0 Å². The number of aromatic nitrogens is 2. The van der Waals surface area contributed by atoms with Crippen LogP contribution in [0.4, 0.5) is 4.39 Å². The standard InChI is InChI=1S/C59H80FN7O18/c1-8-42-36-20-35-37(32(7)40(60)22-41(35)64-51(36)43-21-39-38(57(81)67(42)43)26-85-58(82)59(39,83)9-2)23-61-48(74)27-84-28-63-54(78)30(5)17-44(70)50(29(3)4)65-55(79)33(14-15-47(73)62-24-45(71)52(76)53(77)46(72)25-68)19-34(69)13-11-10-12-16-66-49(75)18-31(6)56(66)80/h20-22,29-31,33,42,45-46,50,52-53,68,71-72,76-77,83H,8-19,23-28H2,1-7H3,(H,61,74)(H,62,73)(H,63,78)(H,65,79)/t30-,31?,33-,42?,45+,46-,50+,52-,53-,59+/m1/s1. The number of pyridine rings is 2. The monoisotopic (exact) mass is 1190 g/mol. The largest absolute Gasteiger partial charge is 0.458 e. The van der Waals surface area contributed by atoms with Gasteiger partial charge >= 0.3 is 5.97 Å². The lowest BCUT2D eigenvalue weighted by Crippen LogP contribution is -2.49. The Hall–Kier alpha value is -6.94. The van der Waals surface area contributed by atoms with E-state index in [9.17, 15) is 73.5 Å². The van der Waals surface area contributed by atoms with Gasteiger partial charge in [-0.3, -0.25) is 52.6 Å². The molecule has 2 aromatic heterocycles. The summed E-state index contributed by atoms with van der Waals surface area (Å²) in [4.78, 5) is 138. The summed E-state index contributed by atoms with van der Waals surface area (Å²) in [7, 11) is 0. The maximum Gasteiger partial charge on any atom is 0.343 e. The zero-order valence-electron chi connectivity index (χ0n) is 49.0. The van der Waals surface area contributed by atoms with Crippen LogP contribution >= 0.6 is 0 Å². The average molecular weight is 1190 g/mol. The molecule has 466 valence electrons. The zero-order valence-corrected chi connectivity index (χ0v) is 49.0. The summed E-state index contributed by atoms with van der Waals surface area (Å²) in [6.45, 7) is 8.77. The summed E-state index contributed by atoms with van der Waals surface area (Å²) in [6, 6.07) is 2.98. The quantitative estimate of drug-likeness (QED) is 0.0179. The number of nitrogens with zero attached hydrogens (tertiary/aromatic N) is 3. The van der Waals surface area contributed by atoms with E-state index in [0.29, 0.717) is 53.6 Å². The van der Waals surface area contributed by atoms with Crippen LogP contribution in [0, 0.1) is 36.4 Å². The van der Waals surface area contributed by atoms with Crippen LogP contribution in [0.25, 0.3) is 22.3 Å². The third-order valence-electron chi connectivity index (χ3n) is 16.3. The molecule has 0 aliphatic carbocycles. The maximum atomic E-state index is 15.6. The van der Waals surface area contributed by atoms with Crippen molar-refractivity contribution in [3.63, 3.8) is 0 Å². The number of carbonyl (C=O) groups is 9. The number of benzene rings is 1. The first-order chi connectivity index (χ1) is 40.2. The van der Waals surface area contributed by atoms with Gasteiger partial charge in [0.2, 0.25) is 35.4 Å². The lowest BCUT2D eigenvalue weighted by Gasteiger charge is -2.32. The van der Waals surface area contributed by atoms with E-state index in [1.165, 1.54) is 17.9 Å². The summed E-state index contributed by atoms with van der Waals surface area (Å²) in [5, 5.41) is 71.1. The fraction of sp³-hybridized carbons (Fsp3) is 0.610. The number of likely N-dealkylation sites (tertiary alicyclic amines) is 1. The molecule has 25 nitrogen and oxygen atoms in total. The van der Waals surface area contributed by atoms with Crippen LogP contribution in [-0.2, 0) is 71.4 Å². The third-order valence-corrected chi connectivity index (χ3v) is 16.3. The minimum Gasteiger partial charge on any atom is -0.458 e. The van der Waals surface area contributed by atoms with Crippen LogP contribution in [0.2, 0.25) is 0 Å². The number of nitrogens with one attached hydrogen (secondary N) is 4. The highest BCUT2D eigenvalue weighted by Crippen LogP contribution is 2.44. The number of hydrogen-bond donors (Lipinski definition) is 10. The van der Waals surface area contributed by atoms with Crippen LogP contribution in [-0.4, -0.2) is 162 Å². The number of amides is 6. The number of fused-ring (bicyclic) bond motifs is 5. The number of Topliss-reactive ketones (excluding diaryl/α,β-unsaturated/α-hetero) is 2. The van der Waals surface area contributed by atoms with Crippen LogP contribution in [0.5, 0.6) is 0 Å². The molecular formula is C59H80FN7O18. The number of carbonyl (C=O) groups excluding carboxylic acids is 9. The van der Waals surface area contributed by atoms with Gasteiger partial charge in [-0.2, -0.15) is 0 Å². The molecule has 1 saturated heterocycles. The van der Waals surface area contributed by atoms with Crippen molar-refractivity contribution in [3.8, 4) is 11.4 Å². The number of imide groups is 1. The van der Waals surface area contributed by atoms with Crippen molar-refractivity contribution < 1.29 is 87.7 Å². The van der Waals surface area contributed by atoms with Crippen LogP contribution in [0.15, 0.2) is 23.0 Å². The van der Waals surface area contributed by atoms with Gasteiger partial charge in [0, 0.05) is 92.1 Å². The van der Waals surface area contributed by atoms with Crippen molar-refractivity contribution in [2.45, 2.75) is 174 Å². The van der Waals surface area contributed by atoms with Crippen molar-refractivity contribution in [2.24, 2.45) is 23.7 Å². The summed E-state index contributed by atoms with van der Waals surface area (Å²) in [5.41, 5.74) is 0.0592. The summed E-state index contributed by atoms with van der Waals surface area (Å²) >= 11 is 0. The van der Waals surface area contributed by atoms with E-state index in [0.717, 1.165) is 0 Å². The minimum absolute atomic E-state index is 0.0281. The number of ether oxygens (including phenoxy) is 2. The Balaban J connectivity index is 1.02. The molecule has 0 spiro atoms. The van der Waals surface area contributed by atoms with E-state index in [2.05, 4.69) is 21.3 Å². The number of unbranched alkanes of at least 4 members (excludes halogenated alkanes) is 2. The number of hydrogen-bond acceptors (Lipinski definition) is 19. The van der Waals surface area contributed by atoms with E-state index >= 15 is 4.39 Å². The number of aliphatic hydroxyl groups is 6. The van der Waals surface area contributed by atoms with Gasteiger partial charge < -0.3 is 61.4 Å². The number of halogens is 1. The number of esters is 1.